The Kier molecular flexibility index (Phi) is 5.57. The molecule has 1 atom stereocenters. The molecule has 172 valence electrons. The van der Waals surface area contributed by atoms with Crippen LogP contribution in [0.15, 0.2) is 50.7 Å². The first-order valence-electron chi connectivity index (χ1n) is 10.5. The predicted octanol–water partition coefficient (Wildman–Crippen LogP) is 5.49. The molecule has 33 heavy (non-hydrogen) atoms. The summed E-state index contributed by atoms with van der Waals surface area (Å²) < 4.78 is 17.6. The molecule has 0 bridgehead atoms. The molecule has 0 fully saturated rings. The SMILES string of the molecule is COc1cc2c(cc1O)-c1oc3c(CC=C(C)C)c(O)cc(O)c3c(=O)c1C(C=C(C)C)O2. The molecule has 2 aromatic carbocycles. The number of hydrogen-bond donors (Lipinski definition) is 3. The van der Waals surface area contributed by atoms with Crippen LogP contribution in [0.1, 0.15) is 44.9 Å². The van der Waals surface area contributed by atoms with E-state index in [-0.39, 0.29) is 45.3 Å². The van der Waals surface area contributed by atoms with Crippen molar-refractivity contribution in [3.05, 3.63) is 62.8 Å². The minimum Gasteiger partial charge on any atom is -0.507 e. The third-order valence-corrected chi connectivity index (χ3v) is 5.52. The van der Waals surface area contributed by atoms with Crippen LogP contribution >= 0.6 is 0 Å². The number of hydrogen-bond acceptors (Lipinski definition) is 7. The van der Waals surface area contributed by atoms with Gasteiger partial charge < -0.3 is 29.2 Å². The van der Waals surface area contributed by atoms with Crippen molar-refractivity contribution in [1.82, 2.24) is 0 Å². The molecule has 7 heteroatoms. The van der Waals surface area contributed by atoms with E-state index >= 15 is 0 Å². The summed E-state index contributed by atoms with van der Waals surface area (Å²) in [5.41, 5.74) is 2.52. The van der Waals surface area contributed by atoms with Gasteiger partial charge in [0.1, 0.15) is 40.1 Å². The molecule has 2 heterocycles. The largest absolute Gasteiger partial charge is 0.507 e. The second kappa shape index (κ2) is 8.24. The van der Waals surface area contributed by atoms with Crippen LogP contribution in [0.4, 0.5) is 0 Å². The van der Waals surface area contributed by atoms with Gasteiger partial charge in [-0.2, -0.15) is 0 Å². The molecule has 1 aromatic heterocycles. The Hall–Kier alpha value is -3.87. The summed E-state index contributed by atoms with van der Waals surface area (Å²) in [5, 5.41) is 31.4. The van der Waals surface area contributed by atoms with Crippen LogP contribution in [0.2, 0.25) is 0 Å². The molecule has 1 unspecified atom stereocenters. The monoisotopic (exact) mass is 450 g/mol. The van der Waals surface area contributed by atoms with Crippen molar-refractivity contribution >= 4 is 11.0 Å². The van der Waals surface area contributed by atoms with E-state index in [0.717, 1.165) is 17.2 Å². The van der Waals surface area contributed by atoms with Gasteiger partial charge in [-0.1, -0.05) is 17.2 Å². The van der Waals surface area contributed by atoms with Gasteiger partial charge in [-0.25, -0.2) is 0 Å². The lowest BCUT2D eigenvalue weighted by molar-refractivity contribution is 0.242. The van der Waals surface area contributed by atoms with Crippen molar-refractivity contribution < 1.29 is 29.2 Å². The fraction of sp³-hybridized carbons (Fsp3) is 0.269. The first-order valence-corrected chi connectivity index (χ1v) is 10.5. The summed E-state index contributed by atoms with van der Waals surface area (Å²) in [6, 6.07) is 4.11. The van der Waals surface area contributed by atoms with Gasteiger partial charge >= 0.3 is 0 Å². The molecule has 0 spiro atoms. The van der Waals surface area contributed by atoms with Crippen molar-refractivity contribution in [2.45, 2.75) is 40.2 Å². The van der Waals surface area contributed by atoms with Crippen molar-refractivity contribution in [3.63, 3.8) is 0 Å². The van der Waals surface area contributed by atoms with Crippen LogP contribution in [0.5, 0.6) is 28.7 Å². The molecular formula is C26H26O7. The minimum atomic E-state index is -0.776. The van der Waals surface area contributed by atoms with Gasteiger partial charge in [-0.05, 0) is 46.3 Å². The molecular weight excluding hydrogens is 424 g/mol. The Labute approximate surface area is 190 Å². The average molecular weight is 450 g/mol. The molecule has 4 rings (SSSR count). The van der Waals surface area contributed by atoms with Crippen LogP contribution in [0.3, 0.4) is 0 Å². The number of allylic oxidation sites excluding steroid dienone is 3. The fourth-order valence-electron chi connectivity index (χ4n) is 3.97. The molecule has 0 radical (unpaired) electrons. The summed E-state index contributed by atoms with van der Waals surface area (Å²) in [6.45, 7) is 7.61. The van der Waals surface area contributed by atoms with E-state index in [0.29, 0.717) is 23.3 Å². The highest BCUT2D eigenvalue weighted by atomic mass is 16.5. The molecule has 0 saturated heterocycles. The summed E-state index contributed by atoms with van der Waals surface area (Å²) in [5.74, 6) is 0.106. The maximum absolute atomic E-state index is 13.7. The van der Waals surface area contributed by atoms with Crippen molar-refractivity contribution in [2.75, 3.05) is 7.11 Å². The molecule has 3 N–H and O–H groups in total. The smallest absolute Gasteiger partial charge is 0.204 e. The van der Waals surface area contributed by atoms with Gasteiger partial charge in [0.05, 0.1) is 18.2 Å². The zero-order valence-electron chi connectivity index (χ0n) is 19.1. The lowest BCUT2D eigenvalue weighted by atomic mass is 9.94. The zero-order chi connectivity index (χ0) is 24.0. The second-order valence-corrected chi connectivity index (χ2v) is 8.56. The van der Waals surface area contributed by atoms with Crippen molar-refractivity contribution in [3.8, 4) is 40.1 Å². The maximum Gasteiger partial charge on any atom is 0.204 e. The number of fused-ring (bicyclic) bond motifs is 4. The zero-order valence-corrected chi connectivity index (χ0v) is 19.1. The van der Waals surface area contributed by atoms with Crippen LogP contribution in [-0.2, 0) is 6.42 Å². The number of phenolic OH excluding ortho intramolecular Hbond substituents is 3. The van der Waals surface area contributed by atoms with E-state index < -0.39 is 11.5 Å². The van der Waals surface area contributed by atoms with Gasteiger partial charge in [0, 0.05) is 17.7 Å². The Bertz CT molecular complexity index is 1380. The maximum atomic E-state index is 13.7. The topological polar surface area (TPSA) is 109 Å². The molecule has 3 aromatic rings. The van der Waals surface area contributed by atoms with E-state index in [1.54, 1.807) is 6.08 Å². The lowest BCUT2D eigenvalue weighted by Crippen LogP contribution is -2.22. The Balaban J connectivity index is 2.14. The van der Waals surface area contributed by atoms with Gasteiger partial charge in [0.15, 0.2) is 11.5 Å². The Morgan fingerprint density at radius 2 is 1.76 bits per heavy atom. The Morgan fingerprint density at radius 1 is 1.03 bits per heavy atom. The van der Waals surface area contributed by atoms with Crippen LogP contribution < -0.4 is 14.9 Å². The summed E-state index contributed by atoms with van der Waals surface area (Å²) in [7, 11) is 1.43. The minimum absolute atomic E-state index is 0.0272. The third-order valence-electron chi connectivity index (χ3n) is 5.52. The highest BCUT2D eigenvalue weighted by Crippen LogP contribution is 2.48. The first-order chi connectivity index (χ1) is 15.6. The van der Waals surface area contributed by atoms with E-state index in [9.17, 15) is 20.1 Å². The quantitative estimate of drug-likeness (QED) is 0.451. The molecule has 0 saturated carbocycles. The van der Waals surface area contributed by atoms with Crippen molar-refractivity contribution in [1.29, 1.82) is 0 Å². The normalized spacial score (nSPS) is 14.2. The van der Waals surface area contributed by atoms with E-state index in [1.165, 1.54) is 19.2 Å². The molecule has 0 amide bonds. The van der Waals surface area contributed by atoms with Gasteiger partial charge in [-0.3, -0.25) is 4.79 Å². The number of aromatic hydroxyl groups is 3. The lowest BCUT2D eigenvalue weighted by Gasteiger charge is -2.27. The van der Waals surface area contributed by atoms with Crippen molar-refractivity contribution in [2.24, 2.45) is 0 Å². The van der Waals surface area contributed by atoms with Crippen LogP contribution in [-0.4, -0.2) is 22.4 Å². The number of rotatable bonds is 4. The summed E-state index contributed by atoms with van der Waals surface area (Å²) >= 11 is 0. The second-order valence-electron chi connectivity index (χ2n) is 8.56. The first kappa shape index (κ1) is 22.3. The number of benzene rings is 2. The van der Waals surface area contributed by atoms with Crippen LogP contribution in [0.25, 0.3) is 22.3 Å². The highest BCUT2D eigenvalue weighted by Gasteiger charge is 2.33. The standard InChI is InChI=1S/C26H26O7/c1-12(2)6-7-14-16(27)10-18(29)22-24(30)23-21(8-13(3)4)32-19-11-20(31-5)17(28)9-15(19)26(23)33-25(14)22/h6,8-11,21,27-29H,7H2,1-5H3. The predicted molar refractivity (Wildman–Crippen MR) is 125 cm³/mol. The number of methoxy groups -OCH3 is 1. The Morgan fingerprint density at radius 3 is 2.39 bits per heavy atom. The highest BCUT2D eigenvalue weighted by molar-refractivity contribution is 5.91. The molecule has 0 aliphatic carbocycles. The van der Waals surface area contributed by atoms with Gasteiger partial charge in [-0.15, -0.1) is 0 Å². The number of ether oxygens (including phenoxy) is 2. The summed E-state index contributed by atoms with van der Waals surface area (Å²) in [4.78, 5) is 13.7. The molecule has 7 nitrogen and oxygen atoms in total. The third kappa shape index (κ3) is 3.80. The van der Waals surface area contributed by atoms with Gasteiger partial charge in [0.2, 0.25) is 5.43 Å². The average Bonchev–Trinajstić information content (AvgIpc) is 2.72. The van der Waals surface area contributed by atoms with Crippen LogP contribution in [0, 0.1) is 0 Å². The van der Waals surface area contributed by atoms with E-state index in [2.05, 4.69) is 0 Å². The molecule has 1 aliphatic heterocycles. The summed E-state index contributed by atoms with van der Waals surface area (Å²) in [6.07, 6.45) is 3.21. The van der Waals surface area contributed by atoms with E-state index in [1.807, 2.05) is 33.8 Å². The van der Waals surface area contributed by atoms with Gasteiger partial charge in [0.25, 0.3) is 0 Å². The molecule has 1 aliphatic rings. The number of phenols is 3. The fourth-order valence-corrected chi connectivity index (χ4v) is 3.97. The van der Waals surface area contributed by atoms with E-state index in [4.69, 9.17) is 13.9 Å².